The smallest absolute Gasteiger partial charge is 0.163 e. The lowest BCUT2D eigenvalue weighted by atomic mass is 10.0. The molecule has 0 atom stereocenters. The van der Waals surface area contributed by atoms with Crippen LogP contribution in [0.5, 0.6) is 0 Å². The molecule has 0 saturated carbocycles. The van der Waals surface area contributed by atoms with Crippen molar-refractivity contribution >= 4 is 5.78 Å². The Labute approximate surface area is 91.9 Å². The van der Waals surface area contributed by atoms with Gasteiger partial charge in [-0.05, 0) is 26.1 Å². The van der Waals surface area contributed by atoms with Gasteiger partial charge in [-0.3, -0.25) is 4.79 Å². The van der Waals surface area contributed by atoms with Crippen LogP contribution < -0.4 is 0 Å². The molecule has 2 heteroatoms. The van der Waals surface area contributed by atoms with Gasteiger partial charge >= 0.3 is 0 Å². The van der Waals surface area contributed by atoms with Crippen LogP contribution in [0.2, 0.25) is 0 Å². The number of hydrogen-bond donors (Lipinski definition) is 0. The van der Waals surface area contributed by atoms with Gasteiger partial charge in [0.2, 0.25) is 0 Å². The van der Waals surface area contributed by atoms with E-state index in [1.54, 1.807) is 0 Å². The van der Waals surface area contributed by atoms with Crippen LogP contribution in [0.1, 0.15) is 35.7 Å². The average molecular weight is 205 g/mol. The predicted molar refractivity (Wildman–Crippen MR) is 63.1 cm³/mol. The van der Waals surface area contributed by atoms with Crippen molar-refractivity contribution < 1.29 is 4.79 Å². The Kier molecular flexibility index (Phi) is 4.50. The minimum absolute atomic E-state index is 0.259. The molecule has 1 aromatic rings. The first kappa shape index (κ1) is 11.9. The van der Waals surface area contributed by atoms with Crippen LogP contribution in [-0.2, 0) is 6.54 Å². The van der Waals surface area contributed by atoms with Crippen molar-refractivity contribution in [3.8, 4) is 0 Å². The molecule has 1 rings (SSSR count). The maximum atomic E-state index is 11.8. The van der Waals surface area contributed by atoms with Crippen molar-refractivity contribution in [2.45, 2.75) is 26.3 Å². The van der Waals surface area contributed by atoms with Crippen LogP contribution in [0.3, 0.4) is 0 Å². The first-order chi connectivity index (χ1) is 7.15. The molecule has 0 saturated heterocycles. The second-order valence-electron chi connectivity index (χ2n) is 4.07. The second-order valence-corrected chi connectivity index (χ2v) is 4.07. The van der Waals surface area contributed by atoms with Gasteiger partial charge in [-0.25, -0.2) is 0 Å². The topological polar surface area (TPSA) is 20.3 Å². The summed E-state index contributed by atoms with van der Waals surface area (Å²) in [6.45, 7) is 2.86. The molecular formula is C13H19NO. The van der Waals surface area contributed by atoms with E-state index in [4.69, 9.17) is 0 Å². The summed E-state index contributed by atoms with van der Waals surface area (Å²) in [5, 5.41) is 0. The summed E-state index contributed by atoms with van der Waals surface area (Å²) in [6, 6.07) is 7.88. The number of benzene rings is 1. The maximum absolute atomic E-state index is 11.8. The fourth-order valence-corrected chi connectivity index (χ4v) is 1.63. The van der Waals surface area contributed by atoms with E-state index < -0.39 is 0 Å². The zero-order valence-corrected chi connectivity index (χ0v) is 9.79. The van der Waals surface area contributed by atoms with Crippen molar-refractivity contribution in [1.29, 1.82) is 0 Å². The lowest BCUT2D eigenvalue weighted by Gasteiger charge is -2.13. The molecule has 82 valence electrons. The van der Waals surface area contributed by atoms with Gasteiger partial charge in [0.25, 0.3) is 0 Å². The number of carbonyl (C=O) groups is 1. The van der Waals surface area contributed by atoms with Gasteiger partial charge in [0, 0.05) is 18.5 Å². The van der Waals surface area contributed by atoms with Crippen LogP contribution in [0.25, 0.3) is 0 Å². The van der Waals surface area contributed by atoms with Gasteiger partial charge in [0.05, 0.1) is 0 Å². The van der Waals surface area contributed by atoms with E-state index in [9.17, 15) is 4.79 Å². The van der Waals surface area contributed by atoms with Gasteiger partial charge in [-0.2, -0.15) is 0 Å². The first-order valence-electron chi connectivity index (χ1n) is 5.41. The van der Waals surface area contributed by atoms with Gasteiger partial charge in [-0.1, -0.05) is 31.2 Å². The summed E-state index contributed by atoms with van der Waals surface area (Å²) >= 11 is 0. The highest BCUT2D eigenvalue weighted by Gasteiger charge is 2.09. The summed E-state index contributed by atoms with van der Waals surface area (Å²) in [4.78, 5) is 13.9. The molecule has 0 bridgehead atoms. The molecule has 0 aliphatic rings. The van der Waals surface area contributed by atoms with E-state index in [-0.39, 0.29) is 5.78 Å². The van der Waals surface area contributed by atoms with Crippen LogP contribution >= 0.6 is 0 Å². The highest BCUT2D eigenvalue weighted by atomic mass is 16.1. The summed E-state index contributed by atoms with van der Waals surface area (Å²) in [5.41, 5.74) is 2.01. The quantitative estimate of drug-likeness (QED) is 0.689. The normalized spacial score (nSPS) is 10.7. The Morgan fingerprint density at radius 3 is 2.53 bits per heavy atom. The van der Waals surface area contributed by atoms with Crippen molar-refractivity contribution in [2.24, 2.45) is 0 Å². The summed E-state index contributed by atoms with van der Waals surface area (Å²) < 4.78 is 0. The molecule has 0 N–H and O–H groups in total. The molecule has 0 amide bonds. The molecule has 0 fully saturated rings. The number of nitrogens with zero attached hydrogens (tertiary/aromatic N) is 1. The van der Waals surface area contributed by atoms with Crippen molar-refractivity contribution in [2.75, 3.05) is 14.1 Å². The minimum atomic E-state index is 0.259. The summed E-state index contributed by atoms with van der Waals surface area (Å²) in [7, 11) is 4.03. The van der Waals surface area contributed by atoms with Crippen molar-refractivity contribution in [3.05, 3.63) is 35.4 Å². The molecule has 0 aliphatic carbocycles. The Balaban J connectivity index is 2.90. The minimum Gasteiger partial charge on any atom is -0.305 e. The van der Waals surface area contributed by atoms with E-state index >= 15 is 0 Å². The number of Topliss-reactive ketones (excluding diaryl/α,β-unsaturated/α-hetero) is 1. The molecule has 0 spiro atoms. The first-order valence-corrected chi connectivity index (χ1v) is 5.41. The molecular weight excluding hydrogens is 186 g/mol. The monoisotopic (exact) mass is 205 g/mol. The Hall–Kier alpha value is -1.15. The third-order valence-corrected chi connectivity index (χ3v) is 2.28. The number of hydrogen-bond acceptors (Lipinski definition) is 2. The highest BCUT2D eigenvalue weighted by Crippen LogP contribution is 2.13. The maximum Gasteiger partial charge on any atom is 0.163 e. The Morgan fingerprint density at radius 1 is 1.27 bits per heavy atom. The van der Waals surface area contributed by atoms with Gasteiger partial charge in [-0.15, -0.1) is 0 Å². The lowest BCUT2D eigenvalue weighted by Crippen LogP contribution is -2.14. The highest BCUT2D eigenvalue weighted by molar-refractivity contribution is 5.97. The van der Waals surface area contributed by atoms with E-state index in [1.165, 1.54) is 0 Å². The zero-order valence-electron chi connectivity index (χ0n) is 9.79. The molecule has 0 unspecified atom stereocenters. The van der Waals surface area contributed by atoms with E-state index in [2.05, 4.69) is 4.90 Å². The van der Waals surface area contributed by atoms with Crippen LogP contribution in [0.15, 0.2) is 24.3 Å². The number of carbonyl (C=O) groups excluding carboxylic acids is 1. The Bertz CT molecular complexity index is 331. The van der Waals surface area contributed by atoms with Crippen LogP contribution in [0.4, 0.5) is 0 Å². The Morgan fingerprint density at radius 2 is 1.93 bits per heavy atom. The zero-order chi connectivity index (χ0) is 11.3. The lowest BCUT2D eigenvalue weighted by molar-refractivity contribution is 0.0980. The van der Waals surface area contributed by atoms with Crippen molar-refractivity contribution in [3.63, 3.8) is 0 Å². The van der Waals surface area contributed by atoms with Gasteiger partial charge in [0.1, 0.15) is 0 Å². The number of rotatable bonds is 5. The van der Waals surface area contributed by atoms with E-state index in [0.29, 0.717) is 6.42 Å². The third-order valence-electron chi connectivity index (χ3n) is 2.28. The summed E-state index contributed by atoms with van der Waals surface area (Å²) in [6.07, 6.45) is 1.56. The molecule has 0 radical (unpaired) electrons. The standard InChI is InChI=1S/C13H19NO/c1-4-7-13(15)12-9-6-5-8-11(12)10-14(2)3/h5-6,8-9H,4,7,10H2,1-3H3. The van der Waals surface area contributed by atoms with Gasteiger partial charge < -0.3 is 4.90 Å². The predicted octanol–water partition coefficient (Wildman–Crippen LogP) is 2.73. The second kappa shape index (κ2) is 5.66. The largest absolute Gasteiger partial charge is 0.305 e. The van der Waals surface area contributed by atoms with Gasteiger partial charge in [0.15, 0.2) is 5.78 Å². The van der Waals surface area contributed by atoms with Crippen LogP contribution in [0, 0.1) is 0 Å². The number of ketones is 1. The molecule has 0 aromatic heterocycles. The summed E-state index contributed by atoms with van der Waals surface area (Å²) in [5.74, 6) is 0.259. The van der Waals surface area contributed by atoms with Crippen LogP contribution in [-0.4, -0.2) is 24.8 Å². The molecule has 1 aromatic carbocycles. The SMILES string of the molecule is CCCC(=O)c1ccccc1CN(C)C. The van der Waals surface area contributed by atoms with E-state index in [0.717, 1.165) is 24.1 Å². The molecule has 15 heavy (non-hydrogen) atoms. The molecule has 2 nitrogen and oxygen atoms in total. The van der Waals surface area contributed by atoms with E-state index in [1.807, 2.05) is 45.3 Å². The fraction of sp³-hybridized carbons (Fsp3) is 0.462. The molecule has 0 aliphatic heterocycles. The fourth-order valence-electron chi connectivity index (χ4n) is 1.63. The molecule has 0 heterocycles. The van der Waals surface area contributed by atoms with Crippen molar-refractivity contribution in [1.82, 2.24) is 4.90 Å². The third kappa shape index (κ3) is 3.48. The average Bonchev–Trinajstić information content (AvgIpc) is 2.18.